The van der Waals surface area contributed by atoms with Gasteiger partial charge >= 0.3 is 5.97 Å². The normalized spacial score (nSPS) is 21.2. The van der Waals surface area contributed by atoms with Crippen molar-refractivity contribution in [2.24, 2.45) is 0 Å². The van der Waals surface area contributed by atoms with Crippen LogP contribution in [0.2, 0.25) is 0 Å². The first-order valence-electron chi connectivity index (χ1n) is 4.26. The van der Waals surface area contributed by atoms with Gasteiger partial charge in [-0.3, -0.25) is 0 Å². The molecule has 0 bridgehead atoms. The van der Waals surface area contributed by atoms with Crippen LogP contribution in [0, 0.1) is 0 Å². The minimum atomic E-state index is -0.475. The van der Waals surface area contributed by atoms with Crippen molar-refractivity contribution in [1.82, 2.24) is 0 Å². The van der Waals surface area contributed by atoms with Crippen LogP contribution in [0.1, 0.15) is 6.92 Å². The lowest BCUT2D eigenvalue weighted by atomic mass is 9.98. The van der Waals surface area contributed by atoms with Gasteiger partial charge in [-0.1, -0.05) is 12.2 Å². The molecule has 0 aromatic rings. The molecular weight excluding hydrogens is 236 g/mol. The first kappa shape index (κ1) is 12.2. The summed E-state index contributed by atoms with van der Waals surface area (Å²) in [5.74, 6) is -0.0347. The van der Waals surface area contributed by atoms with Crippen molar-refractivity contribution in [1.29, 1.82) is 0 Å². The summed E-state index contributed by atoms with van der Waals surface area (Å²) in [6.45, 7) is 1.78. The summed E-state index contributed by atoms with van der Waals surface area (Å²) in [6.07, 6.45) is 1.52. The number of carbonyl (C=O) groups is 1. The molecule has 0 heterocycles. The first-order chi connectivity index (χ1) is 7.02. The van der Waals surface area contributed by atoms with Gasteiger partial charge in [-0.2, -0.15) is 0 Å². The zero-order chi connectivity index (χ0) is 11.6. The molecule has 1 aliphatic rings. The lowest BCUT2D eigenvalue weighted by Gasteiger charge is -2.21. The van der Waals surface area contributed by atoms with Crippen LogP contribution >= 0.6 is 23.8 Å². The van der Waals surface area contributed by atoms with Gasteiger partial charge in [0.25, 0.3) is 0 Å². The van der Waals surface area contributed by atoms with E-state index in [-0.39, 0.29) is 0 Å². The number of allylic oxidation sites excluding steroid dienone is 2. The smallest absolute Gasteiger partial charge is 0.341 e. The summed E-state index contributed by atoms with van der Waals surface area (Å²) in [4.78, 5) is 11.9. The largest absolute Gasteiger partial charge is 0.496 e. The number of halogens is 1. The second kappa shape index (κ2) is 4.77. The third kappa shape index (κ3) is 2.21. The molecule has 0 radical (unpaired) electrons. The molecule has 1 atom stereocenters. The van der Waals surface area contributed by atoms with Crippen molar-refractivity contribution in [3.05, 3.63) is 23.0 Å². The molecule has 1 aliphatic carbocycles. The Kier molecular flexibility index (Phi) is 3.88. The van der Waals surface area contributed by atoms with Gasteiger partial charge in [0, 0.05) is 4.86 Å². The Balaban J connectivity index is 3.21. The highest BCUT2D eigenvalue weighted by Gasteiger charge is 2.28. The molecule has 3 nitrogen and oxygen atoms in total. The average Bonchev–Trinajstić information content (AvgIpc) is 2.24. The van der Waals surface area contributed by atoms with Crippen LogP contribution in [-0.4, -0.2) is 30.4 Å². The Labute approximate surface area is 98.7 Å². The molecule has 5 heteroatoms. The van der Waals surface area contributed by atoms with E-state index in [1.165, 1.54) is 20.3 Å². The lowest BCUT2D eigenvalue weighted by Crippen LogP contribution is -2.23. The number of carbonyl (C=O) groups excluding carboxylic acids is 1. The molecule has 0 spiro atoms. The zero-order valence-corrected chi connectivity index (χ0v) is 10.2. The van der Waals surface area contributed by atoms with E-state index < -0.39 is 11.3 Å². The molecule has 15 heavy (non-hydrogen) atoms. The van der Waals surface area contributed by atoms with E-state index in [9.17, 15) is 4.79 Å². The van der Waals surface area contributed by atoms with Crippen molar-refractivity contribution in [2.45, 2.75) is 12.3 Å². The Hall–Kier alpha value is -0.870. The fraction of sp³-hybridized carbons (Fsp3) is 0.400. The molecular formula is C10H11ClO3S. The van der Waals surface area contributed by atoms with Gasteiger partial charge in [-0.05, 0) is 18.6 Å². The molecule has 0 amide bonds. The van der Waals surface area contributed by atoms with Crippen molar-refractivity contribution in [3.63, 3.8) is 0 Å². The maximum Gasteiger partial charge on any atom is 0.341 e. The van der Waals surface area contributed by atoms with Crippen molar-refractivity contribution < 1.29 is 14.3 Å². The van der Waals surface area contributed by atoms with E-state index in [0.717, 1.165) is 5.57 Å². The summed E-state index contributed by atoms with van der Waals surface area (Å²) in [5.41, 5.74) is 1.05. The number of hydrogen-bond donors (Lipinski definition) is 0. The number of thiocarbonyl (C=S) groups is 1. The predicted molar refractivity (Wildman–Crippen MR) is 62.0 cm³/mol. The monoisotopic (exact) mass is 246 g/mol. The second-order valence-electron chi connectivity index (χ2n) is 3.03. The number of hydrogen-bond acceptors (Lipinski definition) is 4. The van der Waals surface area contributed by atoms with Crippen LogP contribution in [0.4, 0.5) is 0 Å². The van der Waals surface area contributed by atoms with Crippen molar-refractivity contribution >= 4 is 34.7 Å². The molecule has 0 aromatic carbocycles. The van der Waals surface area contributed by atoms with Crippen molar-refractivity contribution in [2.75, 3.05) is 14.2 Å². The Bertz CT molecular complexity index is 371. The van der Waals surface area contributed by atoms with E-state index in [2.05, 4.69) is 4.74 Å². The van der Waals surface area contributed by atoms with Gasteiger partial charge < -0.3 is 9.47 Å². The van der Waals surface area contributed by atoms with Crippen LogP contribution in [0.5, 0.6) is 0 Å². The average molecular weight is 247 g/mol. The number of methoxy groups -OCH3 is 2. The Morgan fingerprint density at radius 1 is 1.53 bits per heavy atom. The molecule has 82 valence electrons. The van der Waals surface area contributed by atoms with Gasteiger partial charge in [0.2, 0.25) is 0 Å². The molecule has 1 rings (SSSR count). The summed E-state index contributed by atoms with van der Waals surface area (Å²) >= 11 is 11.1. The van der Waals surface area contributed by atoms with Crippen LogP contribution in [0.15, 0.2) is 23.0 Å². The minimum Gasteiger partial charge on any atom is -0.496 e. The fourth-order valence-corrected chi connectivity index (χ4v) is 1.81. The summed E-state index contributed by atoms with van der Waals surface area (Å²) in [5, 5.41) is -0.400. The van der Waals surface area contributed by atoms with E-state index in [1.54, 1.807) is 6.92 Å². The molecule has 0 aromatic heterocycles. The van der Waals surface area contributed by atoms with Crippen LogP contribution in [0.3, 0.4) is 0 Å². The number of alkyl halides is 1. The Morgan fingerprint density at radius 3 is 2.60 bits per heavy atom. The second-order valence-corrected chi connectivity index (χ2v) is 3.94. The van der Waals surface area contributed by atoms with Crippen LogP contribution in [0.25, 0.3) is 0 Å². The zero-order valence-electron chi connectivity index (χ0n) is 8.67. The SMILES string of the molecule is COC(=O)C1=CC(=S)C(Cl)C(C)=C1OC. The molecule has 0 aliphatic heterocycles. The van der Waals surface area contributed by atoms with E-state index in [0.29, 0.717) is 16.2 Å². The molecule has 1 unspecified atom stereocenters. The van der Waals surface area contributed by atoms with Gasteiger partial charge in [0.05, 0.1) is 19.6 Å². The summed E-state index contributed by atoms with van der Waals surface area (Å²) in [6, 6.07) is 0. The summed E-state index contributed by atoms with van der Waals surface area (Å²) in [7, 11) is 2.79. The molecule has 0 fully saturated rings. The minimum absolute atomic E-state index is 0.319. The van der Waals surface area contributed by atoms with Crippen LogP contribution in [-0.2, 0) is 14.3 Å². The topological polar surface area (TPSA) is 35.5 Å². The molecule has 0 N–H and O–H groups in total. The highest BCUT2D eigenvalue weighted by molar-refractivity contribution is 7.81. The van der Waals surface area contributed by atoms with Gasteiger partial charge in [0.1, 0.15) is 11.3 Å². The van der Waals surface area contributed by atoms with Gasteiger partial charge in [-0.15, -0.1) is 11.6 Å². The summed E-state index contributed by atoms with van der Waals surface area (Å²) < 4.78 is 9.75. The van der Waals surface area contributed by atoms with E-state index >= 15 is 0 Å². The highest BCUT2D eigenvalue weighted by Crippen LogP contribution is 2.28. The van der Waals surface area contributed by atoms with E-state index in [4.69, 9.17) is 28.6 Å². The number of esters is 1. The lowest BCUT2D eigenvalue weighted by molar-refractivity contribution is -0.136. The number of rotatable bonds is 2. The van der Waals surface area contributed by atoms with Gasteiger partial charge in [0.15, 0.2) is 0 Å². The maximum atomic E-state index is 11.4. The Morgan fingerprint density at radius 2 is 2.13 bits per heavy atom. The highest BCUT2D eigenvalue weighted by atomic mass is 35.5. The number of ether oxygens (including phenoxy) is 2. The molecule has 0 saturated carbocycles. The van der Waals surface area contributed by atoms with Crippen molar-refractivity contribution in [3.8, 4) is 0 Å². The fourth-order valence-electron chi connectivity index (χ4n) is 1.35. The standard InChI is InChI=1S/C10H11ClO3S/c1-5-8(11)7(15)4-6(9(5)13-2)10(12)14-3/h4,8H,1-3H3. The quantitative estimate of drug-likeness (QED) is 0.424. The van der Waals surface area contributed by atoms with Crippen LogP contribution < -0.4 is 0 Å². The maximum absolute atomic E-state index is 11.4. The van der Waals surface area contributed by atoms with Gasteiger partial charge in [-0.25, -0.2) is 4.79 Å². The first-order valence-corrected chi connectivity index (χ1v) is 5.10. The predicted octanol–water partition coefficient (Wildman–Crippen LogP) is 2.00. The third-order valence-corrected chi connectivity index (χ3v) is 3.17. The molecule has 0 saturated heterocycles. The van der Waals surface area contributed by atoms with E-state index in [1.807, 2.05) is 0 Å². The third-order valence-electron chi connectivity index (χ3n) is 2.13.